The highest BCUT2D eigenvalue weighted by Crippen LogP contribution is 2.22. The Bertz CT molecular complexity index is 1290. The van der Waals surface area contributed by atoms with Crippen LogP contribution in [0.3, 0.4) is 0 Å². The second-order valence-electron chi connectivity index (χ2n) is 7.41. The normalized spacial score (nSPS) is 10.8. The minimum Gasteiger partial charge on any atom is -0.332 e. The number of anilines is 1. The summed E-state index contributed by atoms with van der Waals surface area (Å²) in [6.45, 7) is 5.79. The first kappa shape index (κ1) is 20.6. The Hall–Kier alpha value is -3.65. The molecule has 0 spiro atoms. The van der Waals surface area contributed by atoms with Crippen LogP contribution in [0.4, 0.5) is 10.1 Å². The van der Waals surface area contributed by atoms with Crippen molar-refractivity contribution in [1.82, 2.24) is 20.3 Å². The highest BCUT2D eigenvalue weighted by molar-refractivity contribution is 7.80. The molecule has 3 aromatic carbocycles. The van der Waals surface area contributed by atoms with Crippen LogP contribution in [0.25, 0.3) is 16.7 Å². The summed E-state index contributed by atoms with van der Waals surface area (Å²) < 4.78 is 13.2. The average Bonchev–Trinajstić information content (AvgIpc) is 3.10. The minimum absolute atomic E-state index is 0.192. The molecule has 0 radical (unpaired) electrons. The first-order valence-corrected chi connectivity index (χ1v) is 10.0. The molecule has 6 nitrogen and oxygen atoms in total. The molecule has 0 unspecified atom stereocenters. The van der Waals surface area contributed by atoms with Crippen LogP contribution in [0.1, 0.15) is 27.0 Å². The lowest BCUT2D eigenvalue weighted by molar-refractivity contribution is 0.0977. The van der Waals surface area contributed by atoms with Crippen molar-refractivity contribution in [3.8, 4) is 5.69 Å². The van der Waals surface area contributed by atoms with Crippen LogP contribution in [0.5, 0.6) is 0 Å². The molecule has 0 aliphatic carbocycles. The molecule has 0 saturated heterocycles. The molecule has 156 valence electrons. The molecule has 0 fully saturated rings. The van der Waals surface area contributed by atoms with Crippen LogP contribution in [0.15, 0.2) is 54.6 Å². The molecular weight excluding hydrogens is 413 g/mol. The van der Waals surface area contributed by atoms with Gasteiger partial charge in [-0.15, -0.1) is 10.2 Å². The van der Waals surface area contributed by atoms with E-state index in [9.17, 15) is 9.18 Å². The molecular formula is C23H20FN5OS. The van der Waals surface area contributed by atoms with Crippen LogP contribution in [-0.4, -0.2) is 26.0 Å². The summed E-state index contributed by atoms with van der Waals surface area (Å²) in [6, 6.07) is 15.3. The molecule has 2 N–H and O–H groups in total. The monoisotopic (exact) mass is 433 g/mol. The molecule has 0 aliphatic rings. The van der Waals surface area contributed by atoms with Crippen molar-refractivity contribution in [3.63, 3.8) is 0 Å². The molecule has 4 rings (SSSR count). The van der Waals surface area contributed by atoms with Crippen molar-refractivity contribution in [1.29, 1.82) is 0 Å². The number of aromatic nitrogens is 3. The number of carbonyl (C=O) groups excluding carboxylic acids is 1. The Morgan fingerprint density at radius 2 is 1.55 bits per heavy atom. The second kappa shape index (κ2) is 8.23. The maximum atomic E-state index is 13.2. The van der Waals surface area contributed by atoms with Crippen molar-refractivity contribution in [2.24, 2.45) is 0 Å². The SMILES string of the molecule is Cc1cc(C)cc(C(=O)NC(=S)Nc2cc3nn(-c4ccc(F)cc4)nc3cc2C)c1. The van der Waals surface area contributed by atoms with E-state index in [1.807, 2.05) is 51.1 Å². The van der Waals surface area contributed by atoms with Gasteiger partial charge in [-0.25, -0.2) is 4.39 Å². The summed E-state index contributed by atoms with van der Waals surface area (Å²) in [5.41, 5.74) is 6.16. The molecule has 0 atom stereocenters. The van der Waals surface area contributed by atoms with Gasteiger partial charge < -0.3 is 5.32 Å². The largest absolute Gasteiger partial charge is 0.332 e. The first-order valence-electron chi connectivity index (χ1n) is 9.63. The smallest absolute Gasteiger partial charge is 0.257 e. The van der Waals surface area contributed by atoms with Gasteiger partial charge in [0.15, 0.2) is 5.11 Å². The number of thiocarbonyl (C=S) groups is 1. The van der Waals surface area contributed by atoms with E-state index in [0.29, 0.717) is 28.0 Å². The van der Waals surface area contributed by atoms with E-state index >= 15 is 0 Å². The Morgan fingerprint density at radius 3 is 2.19 bits per heavy atom. The fraction of sp³-hybridized carbons (Fsp3) is 0.130. The number of nitrogens with zero attached hydrogens (tertiary/aromatic N) is 3. The molecule has 0 saturated carbocycles. The third kappa shape index (κ3) is 4.59. The van der Waals surface area contributed by atoms with Crippen molar-refractivity contribution in [3.05, 3.63) is 82.7 Å². The van der Waals surface area contributed by atoms with E-state index in [2.05, 4.69) is 20.8 Å². The zero-order valence-corrected chi connectivity index (χ0v) is 18.0. The zero-order chi connectivity index (χ0) is 22.1. The molecule has 0 aliphatic heterocycles. The number of aryl methyl sites for hydroxylation is 3. The second-order valence-corrected chi connectivity index (χ2v) is 7.81. The Balaban J connectivity index is 1.53. The van der Waals surface area contributed by atoms with Crippen molar-refractivity contribution in [2.75, 3.05) is 5.32 Å². The number of benzene rings is 3. The highest BCUT2D eigenvalue weighted by atomic mass is 32.1. The maximum Gasteiger partial charge on any atom is 0.257 e. The number of nitrogens with one attached hydrogen (secondary N) is 2. The van der Waals surface area contributed by atoms with Gasteiger partial charge in [-0.1, -0.05) is 17.2 Å². The van der Waals surface area contributed by atoms with Crippen LogP contribution >= 0.6 is 12.2 Å². The van der Waals surface area contributed by atoms with Gasteiger partial charge in [-0.3, -0.25) is 10.1 Å². The van der Waals surface area contributed by atoms with E-state index in [4.69, 9.17) is 12.2 Å². The van der Waals surface area contributed by atoms with Crippen molar-refractivity contribution < 1.29 is 9.18 Å². The average molecular weight is 434 g/mol. The van der Waals surface area contributed by atoms with Crippen LogP contribution in [0.2, 0.25) is 0 Å². The lowest BCUT2D eigenvalue weighted by atomic mass is 10.1. The molecule has 1 heterocycles. The summed E-state index contributed by atoms with van der Waals surface area (Å²) in [5.74, 6) is -0.593. The van der Waals surface area contributed by atoms with E-state index in [-0.39, 0.29) is 16.8 Å². The lowest BCUT2D eigenvalue weighted by Gasteiger charge is -2.12. The van der Waals surface area contributed by atoms with Gasteiger partial charge in [0, 0.05) is 11.3 Å². The van der Waals surface area contributed by atoms with E-state index in [1.165, 1.54) is 16.9 Å². The van der Waals surface area contributed by atoms with Crippen molar-refractivity contribution >= 4 is 40.0 Å². The Kier molecular flexibility index (Phi) is 5.48. The summed E-state index contributed by atoms with van der Waals surface area (Å²) in [4.78, 5) is 14.0. The number of amides is 1. The van der Waals surface area contributed by atoms with Gasteiger partial charge in [-0.2, -0.15) is 4.80 Å². The number of rotatable bonds is 3. The number of halogens is 1. The van der Waals surface area contributed by atoms with E-state index in [0.717, 1.165) is 16.7 Å². The molecule has 1 aromatic heterocycles. The molecule has 31 heavy (non-hydrogen) atoms. The van der Waals surface area contributed by atoms with Gasteiger partial charge in [0.05, 0.1) is 5.69 Å². The molecule has 8 heteroatoms. The van der Waals surface area contributed by atoms with E-state index < -0.39 is 0 Å². The number of hydrogen-bond acceptors (Lipinski definition) is 4. The third-order valence-corrected chi connectivity index (χ3v) is 4.95. The van der Waals surface area contributed by atoms with Crippen LogP contribution < -0.4 is 10.6 Å². The van der Waals surface area contributed by atoms with Crippen molar-refractivity contribution in [2.45, 2.75) is 20.8 Å². The van der Waals surface area contributed by atoms with E-state index in [1.54, 1.807) is 12.1 Å². The summed E-state index contributed by atoms with van der Waals surface area (Å²) in [5, 5.41) is 14.9. The highest BCUT2D eigenvalue weighted by Gasteiger charge is 2.12. The fourth-order valence-corrected chi connectivity index (χ4v) is 3.53. The lowest BCUT2D eigenvalue weighted by Crippen LogP contribution is -2.34. The number of hydrogen-bond donors (Lipinski definition) is 2. The standard InChI is InChI=1S/C23H20FN5OS/c1-13-8-14(2)10-16(9-13)22(30)26-23(31)25-19-12-21-20(11-15(19)3)27-29(28-21)18-6-4-17(24)5-7-18/h4-12H,1-3H3,(H2,25,26,30,31). The molecule has 0 bridgehead atoms. The summed E-state index contributed by atoms with van der Waals surface area (Å²) in [7, 11) is 0. The summed E-state index contributed by atoms with van der Waals surface area (Å²) >= 11 is 5.33. The third-order valence-electron chi connectivity index (χ3n) is 4.74. The maximum absolute atomic E-state index is 13.2. The predicted molar refractivity (Wildman–Crippen MR) is 123 cm³/mol. The predicted octanol–water partition coefficient (Wildman–Crippen LogP) is 4.61. The Labute approximate surface area is 184 Å². The van der Waals surface area contributed by atoms with Gasteiger partial charge in [0.2, 0.25) is 0 Å². The summed E-state index contributed by atoms with van der Waals surface area (Å²) in [6.07, 6.45) is 0. The number of fused-ring (bicyclic) bond motifs is 1. The Morgan fingerprint density at radius 1 is 0.935 bits per heavy atom. The van der Waals surface area contributed by atoms with Gasteiger partial charge in [0.25, 0.3) is 5.91 Å². The number of carbonyl (C=O) groups is 1. The topological polar surface area (TPSA) is 71.8 Å². The zero-order valence-electron chi connectivity index (χ0n) is 17.2. The minimum atomic E-state index is -0.320. The molecule has 4 aromatic rings. The quantitative estimate of drug-likeness (QED) is 0.462. The van der Waals surface area contributed by atoms with Crippen LogP contribution in [-0.2, 0) is 0 Å². The molecule has 1 amide bonds. The van der Waals surface area contributed by atoms with Gasteiger partial charge in [-0.05, 0) is 87.1 Å². The van der Waals surface area contributed by atoms with Gasteiger partial charge >= 0.3 is 0 Å². The van der Waals surface area contributed by atoms with Gasteiger partial charge in [0.1, 0.15) is 16.9 Å². The first-order chi connectivity index (χ1) is 14.8. The van der Waals surface area contributed by atoms with Crippen LogP contribution in [0, 0.1) is 26.6 Å². The fourth-order valence-electron chi connectivity index (χ4n) is 3.33.